The summed E-state index contributed by atoms with van der Waals surface area (Å²) in [5.74, 6) is 0. The lowest BCUT2D eigenvalue weighted by Crippen LogP contribution is -2.68. The van der Waals surface area contributed by atoms with Crippen LogP contribution in [0.25, 0.3) is 0 Å². The molecule has 2 atom stereocenters. The highest BCUT2D eigenvalue weighted by Crippen LogP contribution is 2.57. The molecule has 5 nitrogen and oxygen atoms in total. The Morgan fingerprint density at radius 3 is 2.91 bits per heavy atom. The van der Waals surface area contributed by atoms with E-state index in [-0.39, 0.29) is 17.5 Å². The summed E-state index contributed by atoms with van der Waals surface area (Å²) in [6.45, 7) is 5.35. The molecule has 2 fully saturated rings. The summed E-state index contributed by atoms with van der Waals surface area (Å²) in [5, 5.41) is 6.26. The van der Waals surface area contributed by atoms with Crippen LogP contribution in [0.3, 0.4) is 0 Å². The normalized spacial score (nSPS) is 25.4. The van der Waals surface area contributed by atoms with E-state index in [0.717, 1.165) is 23.7 Å². The van der Waals surface area contributed by atoms with Crippen LogP contribution in [0.1, 0.15) is 43.3 Å². The van der Waals surface area contributed by atoms with Crippen LogP contribution in [0.5, 0.6) is 0 Å². The molecule has 1 spiro atoms. The number of urea groups is 1. The van der Waals surface area contributed by atoms with Crippen LogP contribution in [-0.2, 0) is 11.3 Å². The van der Waals surface area contributed by atoms with Crippen molar-refractivity contribution in [3.63, 3.8) is 0 Å². The number of rotatable bonds is 5. The molecule has 2 saturated carbocycles. The van der Waals surface area contributed by atoms with E-state index >= 15 is 0 Å². The van der Waals surface area contributed by atoms with Gasteiger partial charge >= 0.3 is 6.03 Å². The van der Waals surface area contributed by atoms with Crippen molar-refractivity contribution in [3.05, 3.63) is 16.1 Å². The lowest BCUT2D eigenvalue weighted by atomic mass is 9.51. The van der Waals surface area contributed by atoms with Crippen LogP contribution in [0.15, 0.2) is 5.38 Å². The Morgan fingerprint density at radius 2 is 2.36 bits per heavy atom. The Bertz CT molecular complexity index is 541. The van der Waals surface area contributed by atoms with Crippen molar-refractivity contribution in [3.8, 4) is 0 Å². The van der Waals surface area contributed by atoms with E-state index in [0.29, 0.717) is 12.6 Å². The molecule has 2 amide bonds. The summed E-state index contributed by atoms with van der Waals surface area (Å²) in [4.78, 5) is 18.5. The second-order valence-corrected chi connectivity index (χ2v) is 7.54. The van der Waals surface area contributed by atoms with E-state index < -0.39 is 0 Å². The summed E-state index contributed by atoms with van der Waals surface area (Å²) < 4.78 is 5.83. The molecule has 22 heavy (non-hydrogen) atoms. The molecule has 1 N–H and O–H groups in total. The van der Waals surface area contributed by atoms with E-state index in [1.165, 1.54) is 19.3 Å². The molecule has 6 heteroatoms. The number of amides is 2. The quantitative estimate of drug-likeness (QED) is 0.906. The number of aromatic nitrogens is 1. The first-order chi connectivity index (χ1) is 10.5. The molecule has 1 heterocycles. The molecule has 3 rings (SSSR count). The monoisotopic (exact) mass is 323 g/mol. The average Bonchev–Trinajstić information content (AvgIpc) is 2.80. The molecule has 0 bridgehead atoms. The molecule has 0 aromatic carbocycles. The maximum Gasteiger partial charge on any atom is 0.317 e. The van der Waals surface area contributed by atoms with E-state index in [4.69, 9.17) is 4.74 Å². The highest BCUT2D eigenvalue weighted by Gasteiger charge is 2.59. The van der Waals surface area contributed by atoms with Gasteiger partial charge in [0.25, 0.3) is 0 Å². The first-order valence-electron chi connectivity index (χ1n) is 8.09. The van der Waals surface area contributed by atoms with E-state index in [1.807, 2.05) is 26.3 Å². The SMILES string of the molecule is CCO[C@H]1C[C@@H](NC(=O)N(C)Cc2csc(C)n2)C12CCC2. The van der Waals surface area contributed by atoms with Crippen molar-refractivity contribution in [1.29, 1.82) is 0 Å². The zero-order valence-corrected chi connectivity index (χ0v) is 14.4. The summed E-state index contributed by atoms with van der Waals surface area (Å²) in [6, 6.07) is 0.266. The number of aryl methyl sites for hydroxylation is 1. The van der Waals surface area contributed by atoms with Gasteiger partial charge in [0.05, 0.1) is 23.4 Å². The lowest BCUT2D eigenvalue weighted by molar-refractivity contribution is -0.169. The highest BCUT2D eigenvalue weighted by molar-refractivity contribution is 7.09. The van der Waals surface area contributed by atoms with Crippen LogP contribution in [-0.4, -0.2) is 41.7 Å². The Labute approximate surface area is 136 Å². The first-order valence-corrected chi connectivity index (χ1v) is 8.97. The molecular formula is C16H25N3O2S. The number of nitrogens with one attached hydrogen (secondary N) is 1. The fraction of sp³-hybridized carbons (Fsp3) is 0.750. The summed E-state index contributed by atoms with van der Waals surface area (Å²) in [6.07, 6.45) is 4.89. The minimum Gasteiger partial charge on any atom is -0.378 e. The van der Waals surface area contributed by atoms with Crippen molar-refractivity contribution in [2.75, 3.05) is 13.7 Å². The number of carbonyl (C=O) groups excluding carboxylic acids is 1. The Kier molecular flexibility index (Phi) is 4.41. The minimum atomic E-state index is -0.00289. The first kappa shape index (κ1) is 15.7. The zero-order valence-electron chi connectivity index (χ0n) is 13.6. The van der Waals surface area contributed by atoms with Crippen molar-refractivity contribution in [2.24, 2.45) is 5.41 Å². The molecule has 1 aromatic heterocycles. The molecule has 1 aromatic rings. The van der Waals surface area contributed by atoms with Crippen molar-refractivity contribution in [2.45, 2.75) is 58.2 Å². The number of hydrogen-bond acceptors (Lipinski definition) is 4. The third kappa shape index (κ3) is 2.74. The number of nitrogens with zero attached hydrogens (tertiary/aromatic N) is 2. The second-order valence-electron chi connectivity index (χ2n) is 6.48. The molecule has 0 saturated heterocycles. The van der Waals surface area contributed by atoms with Crippen molar-refractivity contribution < 1.29 is 9.53 Å². The smallest absolute Gasteiger partial charge is 0.317 e. The standard InChI is InChI=1S/C16H25N3O2S/c1-4-21-14-8-13(16(14)6-5-7-16)18-15(20)19(3)9-12-10-22-11(2)17-12/h10,13-14H,4-9H2,1-3H3,(H,18,20)/t13-,14+/m1/s1. The number of carbonyl (C=O) groups is 1. The van der Waals surface area contributed by atoms with E-state index in [1.54, 1.807) is 16.2 Å². The van der Waals surface area contributed by atoms with E-state index in [9.17, 15) is 4.79 Å². The minimum absolute atomic E-state index is 0.00289. The van der Waals surface area contributed by atoms with Gasteiger partial charge in [0.2, 0.25) is 0 Å². The molecule has 2 aliphatic carbocycles. The van der Waals surface area contributed by atoms with E-state index in [2.05, 4.69) is 10.3 Å². The zero-order chi connectivity index (χ0) is 15.7. The van der Waals surface area contributed by atoms with Crippen molar-refractivity contribution >= 4 is 17.4 Å². The maximum atomic E-state index is 12.4. The fourth-order valence-corrected chi connectivity index (χ4v) is 4.30. The third-order valence-electron chi connectivity index (χ3n) is 5.15. The van der Waals surface area contributed by atoms with Crippen LogP contribution in [0.2, 0.25) is 0 Å². The van der Waals surface area contributed by atoms with Gasteiger partial charge < -0.3 is 15.0 Å². The molecule has 0 unspecified atom stereocenters. The summed E-state index contributed by atoms with van der Waals surface area (Å²) in [7, 11) is 1.83. The predicted molar refractivity (Wildman–Crippen MR) is 87.0 cm³/mol. The second kappa shape index (κ2) is 6.16. The molecule has 2 aliphatic rings. The molecule has 122 valence electrons. The van der Waals surface area contributed by atoms with Crippen LogP contribution >= 0.6 is 11.3 Å². The van der Waals surface area contributed by atoms with Gasteiger partial charge in [-0.1, -0.05) is 6.42 Å². The number of ether oxygens (including phenoxy) is 1. The van der Waals surface area contributed by atoms with Gasteiger partial charge in [-0.15, -0.1) is 11.3 Å². The van der Waals surface area contributed by atoms with Crippen LogP contribution < -0.4 is 5.32 Å². The van der Waals surface area contributed by atoms with Crippen molar-refractivity contribution in [1.82, 2.24) is 15.2 Å². The number of hydrogen-bond donors (Lipinski definition) is 1. The molecule has 0 aliphatic heterocycles. The highest BCUT2D eigenvalue weighted by atomic mass is 32.1. The van der Waals surface area contributed by atoms with Gasteiger partial charge in [-0.2, -0.15) is 0 Å². The predicted octanol–water partition coefficient (Wildman–Crippen LogP) is 2.94. The Hall–Kier alpha value is -1.14. The average molecular weight is 323 g/mol. The maximum absolute atomic E-state index is 12.4. The van der Waals surface area contributed by atoms with Gasteiger partial charge in [0.15, 0.2) is 0 Å². The summed E-state index contributed by atoms with van der Waals surface area (Å²) >= 11 is 1.62. The van der Waals surface area contributed by atoms with Crippen LogP contribution in [0, 0.1) is 12.3 Å². The van der Waals surface area contributed by atoms with Gasteiger partial charge in [-0.25, -0.2) is 9.78 Å². The third-order valence-corrected chi connectivity index (χ3v) is 5.97. The lowest BCUT2D eigenvalue weighted by Gasteiger charge is -2.61. The largest absolute Gasteiger partial charge is 0.378 e. The van der Waals surface area contributed by atoms with Crippen LogP contribution in [0.4, 0.5) is 4.79 Å². The van der Waals surface area contributed by atoms with Gasteiger partial charge in [-0.3, -0.25) is 0 Å². The molecular weight excluding hydrogens is 298 g/mol. The van der Waals surface area contributed by atoms with Gasteiger partial charge in [0.1, 0.15) is 0 Å². The molecule has 0 radical (unpaired) electrons. The number of thiazole rings is 1. The van der Waals surface area contributed by atoms with Gasteiger partial charge in [-0.05, 0) is 33.1 Å². The Balaban J connectivity index is 1.53. The van der Waals surface area contributed by atoms with Gasteiger partial charge in [0, 0.05) is 30.5 Å². The topological polar surface area (TPSA) is 54.5 Å². The Morgan fingerprint density at radius 1 is 1.59 bits per heavy atom. The fourth-order valence-electron chi connectivity index (χ4n) is 3.70. The summed E-state index contributed by atoms with van der Waals surface area (Å²) in [5.41, 5.74) is 1.17.